The summed E-state index contributed by atoms with van der Waals surface area (Å²) in [5, 5.41) is 4.52. The van der Waals surface area contributed by atoms with E-state index in [1.54, 1.807) is 6.07 Å². The maximum absolute atomic E-state index is 12.2. The highest BCUT2D eigenvalue weighted by Crippen LogP contribution is 2.25. The van der Waals surface area contributed by atoms with E-state index in [1.807, 2.05) is 23.1 Å². The average Bonchev–Trinajstić information content (AvgIpc) is 3.02. The van der Waals surface area contributed by atoms with Crippen LogP contribution in [0.1, 0.15) is 12.3 Å². The normalized spacial score (nSPS) is 15.8. The first-order valence-corrected chi connectivity index (χ1v) is 8.05. The molecule has 0 aliphatic carbocycles. The summed E-state index contributed by atoms with van der Waals surface area (Å²) in [5.74, 6) is 1.05. The summed E-state index contributed by atoms with van der Waals surface area (Å²) in [7, 11) is 2.07. The number of amides is 1. The number of likely N-dealkylation sites (N-methyl/N-ethyl adjacent to an activating group) is 1. The second kappa shape index (κ2) is 7.10. The number of aromatic nitrogens is 2. The minimum absolute atomic E-state index is 0.135. The van der Waals surface area contributed by atoms with Crippen LogP contribution in [0.25, 0.3) is 11.4 Å². The Hall–Kier alpha value is -1.92. The summed E-state index contributed by atoms with van der Waals surface area (Å²) in [6.45, 7) is 3.40. The fraction of sp³-hybridized carbons (Fsp3) is 0.438. The Labute approximate surface area is 140 Å². The van der Waals surface area contributed by atoms with Crippen molar-refractivity contribution in [3.05, 3.63) is 35.2 Å². The number of hydrogen-bond acceptors (Lipinski definition) is 5. The largest absolute Gasteiger partial charge is 0.340 e. The fourth-order valence-electron chi connectivity index (χ4n) is 2.54. The molecule has 1 saturated heterocycles. The lowest BCUT2D eigenvalue weighted by Crippen LogP contribution is -2.47. The van der Waals surface area contributed by atoms with Gasteiger partial charge in [0, 0.05) is 44.6 Å². The second-order valence-corrected chi connectivity index (χ2v) is 6.08. The van der Waals surface area contributed by atoms with Gasteiger partial charge in [0.15, 0.2) is 0 Å². The van der Waals surface area contributed by atoms with E-state index in [2.05, 4.69) is 22.1 Å². The topological polar surface area (TPSA) is 62.5 Å². The van der Waals surface area contributed by atoms with Gasteiger partial charge < -0.3 is 14.3 Å². The molecular formula is C16H19ClN4O2. The number of rotatable bonds is 4. The molecule has 0 saturated carbocycles. The van der Waals surface area contributed by atoms with Crippen LogP contribution in [0.3, 0.4) is 0 Å². The molecule has 0 N–H and O–H groups in total. The zero-order chi connectivity index (χ0) is 16.2. The van der Waals surface area contributed by atoms with Gasteiger partial charge in [-0.15, -0.1) is 0 Å². The van der Waals surface area contributed by atoms with E-state index in [-0.39, 0.29) is 5.91 Å². The lowest BCUT2D eigenvalue weighted by atomic mass is 10.2. The van der Waals surface area contributed by atoms with Crippen LogP contribution in [-0.2, 0) is 11.2 Å². The molecule has 0 unspecified atom stereocenters. The van der Waals surface area contributed by atoms with E-state index in [9.17, 15) is 4.79 Å². The van der Waals surface area contributed by atoms with Crippen molar-refractivity contribution in [2.45, 2.75) is 12.8 Å². The molecule has 1 aliphatic rings. The van der Waals surface area contributed by atoms with Crippen molar-refractivity contribution >= 4 is 17.5 Å². The zero-order valence-electron chi connectivity index (χ0n) is 13.0. The van der Waals surface area contributed by atoms with Gasteiger partial charge in [0.05, 0.1) is 5.02 Å². The van der Waals surface area contributed by atoms with Gasteiger partial charge in [-0.25, -0.2) is 0 Å². The summed E-state index contributed by atoms with van der Waals surface area (Å²) >= 11 is 6.12. The van der Waals surface area contributed by atoms with Crippen LogP contribution in [-0.4, -0.2) is 59.1 Å². The van der Waals surface area contributed by atoms with Gasteiger partial charge in [-0.2, -0.15) is 4.98 Å². The minimum Gasteiger partial charge on any atom is -0.340 e. The van der Waals surface area contributed by atoms with Gasteiger partial charge in [0.1, 0.15) is 0 Å². The summed E-state index contributed by atoms with van der Waals surface area (Å²) in [5.41, 5.74) is 0.731. The predicted octanol–water partition coefficient (Wildman–Crippen LogP) is 2.10. The Bertz CT molecular complexity index is 680. The first kappa shape index (κ1) is 16.0. The molecule has 122 valence electrons. The molecule has 0 radical (unpaired) electrons. The van der Waals surface area contributed by atoms with Gasteiger partial charge >= 0.3 is 0 Å². The molecule has 1 fully saturated rings. The number of carbonyl (C=O) groups excluding carboxylic acids is 1. The molecule has 3 rings (SSSR count). The van der Waals surface area contributed by atoms with Crippen molar-refractivity contribution in [1.82, 2.24) is 19.9 Å². The Morgan fingerprint density at radius 3 is 2.74 bits per heavy atom. The van der Waals surface area contributed by atoms with Crippen molar-refractivity contribution in [2.24, 2.45) is 0 Å². The van der Waals surface area contributed by atoms with E-state index >= 15 is 0 Å². The fourth-order valence-corrected chi connectivity index (χ4v) is 2.76. The number of aryl methyl sites for hydroxylation is 1. The molecule has 0 atom stereocenters. The van der Waals surface area contributed by atoms with Gasteiger partial charge in [-0.3, -0.25) is 4.79 Å². The maximum Gasteiger partial charge on any atom is 0.227 e. The lowest BCUT2D eigenvalue weighted by molar-refractivity contribution is -0.132. The minimum atomic E-state index is 0.135. The summed E-state index contributed by atoms with van der Waals surface area (Å²) in [6, 6.07) is 7.34. The van der Waals surface area contributed by atoms with Crippen molar-refractivity contribution < 1.29 is 9.32 Å². The molecule has 0 spiro atoms. The number of benzene rings is 1. The average molecular weight is 335 g/mol. The van der Waals surface area contributed by atoms with E-state index < -0.39 is 0 Å². The molecule has 6 nitrogen and oxygen atoms in total. The third-order valence-electron chi connectivity index (χ3n) is 3.99. The number of carbonyl (C=O) groups is 1. The quantitative estimate of drug-likeness (QED) is 0.856. The summed E-state index contributed by atoms with van der Waals surface area (Å²) in [4.78, 5) is 20.6. The smallest absolute Gasteiger partial charge is 0.227 e. The molecule has 2 aromatic rings. The Morgan fingerprint density at radius 2 is 2.00 bits per heavy atom. The molecule has 1 aromatic heterocycles. The standard InChI is InChI=1S/C16H19ClN4O2/c1-20-8-10-21(11-9-20)15(22)7-6-14-18-16(19-23-14)12-4-2-3-5-13(12)17/h2-5H,6-11H2,1H3. The van der Waals surface area contributed by atoms with Gasteiger partial charge in [-0.05, 0) is 19.2 Å². The number of piperazine rings is 1. The van der Waals surface area contributed by atoms with Crippen LogP contribution in [0.5, 0.6) is 0 Å². The van der Waals surface area contributed by atoms with E-state index in [1.165, 1.54) is 0 Å². The maximum atomic E-state index is 12.2. The van der Waals surface area contributed by atoms with Crippen LogP contribution in [0, 0.1) is 0 Å². The van der Waals surface area contributed by atoms with Crippen LogP contribution in [0.2, 0.25) is 5.02 Å². The SMILES string of the molecule is CN1CCN(C(=O)CCc2nc(-c3ccccc3Cl)no2)CC1. The Morgan fingerprint density at radius 1 is 1.26 bits per heavy atom. The molecule has 7 heteroatoms. The zero-order valence-corrected chi connectivity index (χ0v) is 13.8. The highest BCUT2D eigenvalue weighted by molar-refractivity contribution is 6.33. The van der Waals surface area contributed by atoms with Crippen molar-refractivity contribution in [3.63, 3.8) is 0 Å². The molecule has 0 bridgehead atoms. The van der Waals surface area contributed by atoms with E-state index in [4.69, 9.17) is 16.1 Å². The van der Waals surface area contributed by atoms with Crippen molar-refractivity contribution in [1.29, 1.82) is 0 Å². The first-order valence-electron chi connectivity index (χ1n) is 7.67. The van der Waals surface area contributed by atoms with Crippen LogP contribution in [0.15, 0.2) is 28.8 Å². The second-order valence-electron chi connectivity index (χ2n) is 5.68. The number of nitrogens with zero attached hydrogens (tertiary/aromatic N) is 4. The highest BCUT2D eigenvalue weighted by atomic mass is 35.5. The summed E-state index contributed by atoms with van der Waals surface area (Å²) in [6.07, 6.45) is 0.830. The number of hydrogen-bond donors (Lipinski definition) is 0. The molecule has 1 aromatic carbocycles. The molecule has 2 heterocycles. The van der Waals surface area contributed by atoms with Crippen LogP contribution >= 0.6 is 11.6 Å². The third-order valence-corrected chi connectivity index (χ3v) is 4.32. The van der Waals surface area contributed by atoms with Crippen LogP contribution in [0.4, 0.5) is 0 Å². The number of halogens is 1. The van der Waals surface area contributed by atoms with E-state index in [0.717, 1.165) is 31.7 Å². The van der Waals surface area contributed by atoms with E-state index in [0.29, 0.717) is 29.6 Å². The molecule has 23 heavy (non-hydrogen) atoms. The summed E-state index contributed by atoms with van der Waals surface area (Å²) < 4.78 is 5.23. The van der Waals surface area contributed by atoms with Crippen molar-refractivity contribution in [3.8, 4) is 11.4 Å². The van der Waals surface area contributed by atoms with Gasteiger partial charge in [0.25, 0.3) is 0 Å². The van der Waals surface area contributed by atoms with Gasteiger partial charge in [-0.1, -0.05) is 28.9 Å². The Balaban J connectivity index is 1.57. The monoisotopic (exact) mass is 334 g/mol. The van der Waals surface area contributed by atoms with Crippen LogP contribution < -0.4 is 0 Å². The molecular weight excluding hydrogens is 316 g/mol. The van der Waals surface area contributed by atoms with Crippen molar-refractivity contribution in [2.75, 3.05) is 33.2 Å². The first-order chi connectivity index (χ1) is 11.1. The Kier molecular flexibility index (Phi) is 4.93. The molecule has 1 amide bonds. The van der Waals surface area contributed by atoms with Gasteiger partial charge in [0.2, 0.25) is 17.6 Å². The third kappa shape index (κ3) is 3.89. The lowest BCUT2D eigenvalue weighted by Gasteiger charge is -2.32. The highest BCUT2D eigenvalue weighted by Gasteiger charge is 2.20. The predicted molar refractivity (Wildman–Crippen MR) is 87.1 cm³/mol. The molecule has 1 aliphatic heterocycles.